The molecule has 3 aliphatic rings. The molecule has 4 N–H and O–H groups in total. The Morgan fingerprint density at radius 3 is 2.52 bits per heavy atom. The molecule has 0 aromatic rings. The molecular weight excluding hydrogens is 324 g/mol. The fourth-order valence-corrected chi connectivity index (χ4v) is 3.98. The van der Waals surface area contributed by atoms with Crippen LogP contribution in [0.15, 0.2) is 0 Å². The van der Waals surface area contributed by atoms with Gasteiger partial charge >= 0.3 is 0 Å². The molecular formula is C17H26N4O4. The number of piperidine rings is 2. The molecule has 2 atom stereocenters. The van der Waals surface area contributed by atoms with Crippen molar-refractivity contribution in [1.29, 1.82) is 0 Å². The van der Waals surface area contributed by atoms with Gasteiger partial charge in [-0.3, -0.25) is 19.2 Å². The zero-order chi connectivity index (χ0) is 18.0. The number of primary amides is 1. The number of hydrogen-bond acceptors (Lipinski definition) is 4. The van der Waals surface area contributed by atoms with Crippen LogP contribution in [0.5, 0.6) is 0 Å². The maximum absolute atomic E-state index is 12.8. The molecule has 8 heteroatoms. The predicted molar refractivity (Wildman–Crippen MR) is 89.0 cm³/mol. The molecule has 2 aliphatic heterocycles. The zero-order valence-electron chi connectivity index (χ0n) is 14.4. The van der Waals surface area contributed by atoms with Crippen LogP contribution in [0.4, 0.5) is 0 Å². The van der Waals surface area contributed by atoms with E-state index >= 15 is 0 Å². The van der Waals surface area contributed by atoms with Crippen molar-refractivity contribution in [3.8, 4) is 0 Å². The van der Waals surface area contributed by atoms with E-state index in [4.69, 9.17) is 5.73 Å². The van der Waals surface area contributed by atoms with Gasteiger partial charge in [0.2, 0.25) is 23.6 Å². The molecule has 1 aliphatic carbocycles. The molecule has 0 bridgehead atoms. The summed E-state index contributed by atoms with van der Waals surface area (Å²) >= 11 is 0. The average Bonchev–Trinajstić information content (AvgIpc) is 2.53. The van der Waals surface area contributed by atoms with Gasteiger partial charge < -0.3 is 21.3 Å². The highest BCUT2D eigenvalue weighted by Gasteiger charge is 2.51. The Morgan fingerprint density at radius 1 is 1.16 bits per heavy atom. The smallest absolute Gasteiger partial charge is 0.242 e. The summed E-state index contributed by atoms with van der Waals surface area (Å²) in [6.45, 7) is 0.973. The normalized spacial score (nSPS) is 28.5. The minimum atomic E-state index is -1.04. The fourth-order valence-electron chi connectivity index (χ4n) is 3.98. The third kappa shape index (κ3) is 3.48. The van der Waals surface area contributed by atoms with Gasteiger partial charge in [-0.1, -0.05) is 6.42 Å². The van der Waals surface area contributed by atoms with Crippen molar-refractivity contribution >= 4 is 23.6 Å². The highest BCUT2D eigenvalue weighted by Crippen LogP contribution is 2.42. The Morgan fingerprint density at radius 2 is 1.92 bits per heavy atom. The number of carbonyl (C=O) groups excluding carboxylic acids is 4. The van der Waals surface area contributed by atoms with E-state index in [2.05, 4.69) is 10.6 Å². The summed E-state index contributed by atoms with van der Waals surface area (Å²) in [5, 5.41) is 5.65. The molecule has 0 aromatic heterocycles. The molecule has 1 saturated carbocycles. The molecule has 138 valence electrons. The molecule has 2 heterocycles. The Hall–Kier alpha value is -2.12. The quantitative estimate of drug-likeness (QED) is 0.587. The van der Waals surface area contributed by atoms with Gasteiger partial charge in [-0.2, -0.15) is 0 Å². The van der Waals surface area contributed by atoms with Crippen LogP contribution >= 0.6 is 0 Å². The first kappa shape index (κ1) is 17.7. The van der Waals surface area contributed by atoms with Crippen LogP contribution in [0, 0.1) is 5.41 Å². The second kappa shape index (κ2) is 7.01. The summed E-state index contributed by atoms with van der Waals surface area (Å²) in [6, 6.07) is -0.648. The highest BCUT2D eigenvalue weighted by atomic mass is 16.2. The summed E-state index contributed by atoms with van der Waals surface area (Å²) in [5.41, 5.74) is 4.43. The average molecular weight is 350 g/mol. The van der Waals surface area contributed by atoms with Crippen LogP contribution in [0.2, 0.25) is 0 Å². The SMILES string of the molecule is NC(=O)C1(C(=O)N2CCC[C@H](NC(=O)[C@H]3CCCC(=O)N3)C2)CCC1. The Bertz CT molecular complexity index is 587. The Labute approximate surface area is 146 Å². The third-order valence-corrected chi connectivity index (χ3v) is 5.69. The predicted octanol–water partition coefficient (Wildman–Crippen LogP) is -0.582. The van der Waals surface area contributed by atoms with Crippen molar-refractivity contribution in [1.82, 2.24) is 15.5 Å². The molecule has 3 fully saturated rings. The van der Waals surface area contributed by atoms with Gasteiger partial charge in [0.25, 0.3) is 0 Å². The van der Waals surface area contributed by atoms with Gasteiger partial charge in [0, 0.05) is 25.6 Å². The summed E-state index contributed by atoms with van der Waals surface area (Å²) in [7, 11) is 0. The number of rotatable bonds is 4. The van der Waals surface area contributed by atoms with E-state index in [1.165, 1.54) is 0 Å². The van der Waals surface area contributed by atoms with E-state index in [0.717, 1.165) is 19.3 Å². The molecule has 3 rings (SSSR count). The maximum Gasteiger partial charge on any atom is 0.242 e. The summed E-state index contributed by atoms with van der Waals surface area (Å²) < 4.78 is 0. The second-order valence-electron chi connectivity index (χ2n) is 7.41. The lowest BCUT2D eigenvalue weighted by molar-refractivity contribution is -0.156. The number of carbonyl (C=O) groups is 4. The van der Waals surface area contributed by atoms with Gasteiger partial charge in [0.15, 0.2) is 0 Å². The summed E-state index contributed by atoms with van der Waals surface area (Å²) in [5.74, 6) is -1.03. The van der Waals surface area contributed by atoms with E-state index in [-0.39, 0.29) is 23.8 Å². The highest BCUT2D eigenvalue weighted by molar-refractivity contribution is 6.05. The number of hydrogen-bond donors (Lipinski definition) is 3. The number of nitrogens with zero attached hydrogens (tertiary/aromatic N) is 1. The number of likely N-dealkylation sites (tertiary alicyclic amines) is 1. The molecule has 0 radical (unpaired) electrons. The second-order valence-corrected chi connectivity index (χ2v) is 7.41. The van der Waals surface area contributed by atoms with E-state index in [0.29, 0.717) is 45.2 Å². The fraction of sp³-hybridized carbons (Fsp3) is 0.765. The molecule has 2 saturated heterocycles. The number of nitrogens with two attached hydrogens (primary N) is 1. The minimum Gasteiger partial charge on any atom is -0.369 e. The van der Waals surface area contributed by atoms with Crippen LogP contribution in [-0.2, 0) is 19.2 Å². The summed E-state index contributed by atoms with van der Waals surface area (Å²) in [4.78, 5) is 50.0. The minimum absolute atomic E-state index is 0.0970. The van der Waals surface area contributed by atoms with E-state index < -0.39 is 17.4 Å². The van der Waals surface area contributed by atoms with E-state index in [1.54, 1.807) is 4.90 Å². The third-order valence-electron chi connectivity index (χ3n) is 5.69. The van der Waals surface area contributed by atoms with Crippen LogP contribution in [0.25, 0.3) is 0 Å². The lowest BCUT2D eigenvalue weighted by Crippen LogP contribution is -2.60. The van der Waals surface area contributed by atoms with E-state index in [9.17, 15) is 19.2 Å². The Kier molecular flexibility index (Phi) is 4.96. The first-order chi connectivity index (χ1) is 11.9. The lowest BCUT2D eigenvalue weighted by atomic mass is 9.67. The van der Waals surface area contributed by atoms with Gasteiger partial charge in [0.05, 0.1) is 0 Å². The molecule has 0 spiro atoms. The lowest BCUT2D eigenvalue weighted by Gasteiger charge is -2.43. The van der Waals surface area contributed by atoms with Crippen LogP contribution in [-0.4, -0.2) is 53.7 Å². The topological polar surface area (TPSA) is 122 Å². The molecule has 25 heavy (non-hydrogen) atoms. The van der Waals surface area contributed by atoms with Crippen LogP contribution in [0.1, 0.15) is 51.4 Å². The van der Waals surface area contributed by atoms with Crippen molar-refractivity contribution in [2.24, 2.45) is 11.1 Å². The number of nitrogens with one attached hydrogen (secondary N) is 2. The number of amides is 4. The standard InChI is InChI=1S/C17H26N4O4/c18-15(24)17(7-3-8-17)16(25)21-9-2-4-11(10-21)19-14(23)12-5-1-6-13(22)20-12/h11-12H,1-10H2,(H2,18,24)(H,19,23)(H,20,22)/t11-,12+/m0/s1. The summed E-state index contributed by atoms with van der Waals surface area (Å²) in [6.07, 6.45) is 5.22. The first-order valence-corrected chi connectivity index (χ1v) is 9.11. The zero-order valence-corrected chi connectivity index (χ0v) is 14.4. The van der Waals surface area contributed by atoms with Crippen LogP contribution < -0.4 is 16.4 Å². The first-order valence-electron chi connectivity index (χ1n) is 9.11. The van der Waals surface area contributed by atoms with Crippen LogP contribution in [0.3, 0.4) is 0 Å². The maximum atomic E-state index is 12.8. The van der Waals surface area contributed by atoms with Crippen molar-refractivity contribution in [3.63, 3.8) is 0 Å². The monoisotopic (exact) mass is 350 g/mol. The molecule has 8 nitrogen and oxygen atoms in total. The van der Waals surface area contributed by atoms with Gasteiger partial charge in [-0.05, 0) is 38.5 Å². The van der Waals surface area contributed by atoms with Crippen molar-refractivity contribution in [2.45, 2.75) is 63.5 Å². The van der Waals surface area contributed by atoms with Crippen molar-refractivity contribution in [3.05, 3.63) is 0 Å². The van der Waals surface area contributed by atoms with E-state index in [1.807, 2.05) is 0 Å². The van der Waals surface area contributed by atoms with Gasteiger partial charge in [0.1, 0.15) is 11.5 Å². The Balaban J connectivity index is 1.57. The van der Waals surface area contributed by atoms with Crippen molar-refractivity contribution in [2.75, 3.05) is 13.1 Å². The molecule has 4 amide bonds. The molecule has 0 aromatic carbocycles. The van der Waals surface area contributed by atoms with Gasteiger partial charge in [-0.25, -0.2) is 0 Å². The van der Waals surface area contributed by atoms with Gasteiger partial charge in [-0.15, -0.1) is 0 Å². The largest absolute Gasteiger partial charge is 0.369 e. The van der Waals surface area contributed by atoms with Crippen molar-refractivity contribution < 1.29 is 19.2 Å². The molecule has 0 unspecified atom stereocenters.